The van der Waals surface area contributed by atoms with Gasteiger partial charge in [0, 0.05) is 18.8 Å². The summed E-state index contributed by atoms with van der Waals surface area (Å²) >= 11 is 0. The number of aliphatic hydroxyl groups is 1. The minimum Gasteiger partial charge on any atom is -0.461 e. The van der Waals surface area contributed by atoms with Gasteiger partial charge in [-0.25, -0.2) is 0 Å². The van der Waals surface area contributed by atoms with Crippen LogP contribution in [-0.4, -0.2) is 22.8 Å². The van der Waals surface area contributed by atoms with Crippen LogP contribution < -0.4 is 0 Å². The third-order valence-corrected chi connectivity index (χ3v) is 5.38. The lowest BCUT2D eigenvalue weighted by atomic mass is 9.55. The zero-order valence-electron chi connectivity index (χ0n) is 13.4. The number of esters is 1. The van der Waals surface area contributed by atoms with E-state index in [1.54, 1.807) is 0 Å². The molecular weight excluding hydrogens is 252 g/mol. The molecule has 0 aromatic carbocycles. The second kappa shape index (κ2) is 5.18. The molecule has 0 bridgehead atoms. The van der Waals surface area contributed by atoms with Gasteiger partial charge in [-0.15, -0.1) is 0 Å². The zero-order valence-corrected chi connectivity index (χ0v) is 13.4. The number of carbonyl (C=O) groups is 1. The van der Waals surface area contributed by atoms with Crippen LogP contribution in [-0.2, 0) is 9.53 Å². The fraction of sp³-hybridized carbons (Fsp3) is 0.824. The Bertz CT molecular complexity index is 418. The zero-order chi connectivity index (χ0) is 15.1. The van der Waals surface area contributed by atoms with E-state index in [4.69, 9.17) is 4.74 Å². The number of ether oxygens (including phenoxy) is 1. The Hall–Kier alpha value is -0.830. The van der Waals surface area contributed by atoms with E-state index in [-0.39, 0.29) is 29.3 Å². The molecule has 0 radical (unpaired) electrons. The minimum absolute atomic E-state index is 0.00549. The fourth-order valence-electron chi connectivity index (χ4n) is 4.38. The lowest BCUT2D eigenvalue weighted by Gasteiger charge is -2.53. The number of hydrogen-bond donors (Lipinski definition) is 1. The molecule has 20 heavy (non-hydrogen) atoms. The molecule has 2 aliphatic rings. The molecule has 3 nitrogen and oxygen atoms in total. The Morgan fingerprint density at radius 2 is 2.10 bits per heavy atom. The van der Waals surface area contributed by atoms with Crippen LogP contribution in [0.2, 0.25) is 0 Å². The monoisotopic (exact) mass is 280 g/mol. The highest BCUT2D eigenvalue weighted by Crippen LogP contribution is 2.54. The van der Waals surface area contributed by atoms with Crippen LogP contribution in [0, 0.1) is 17.3 Å². The molecule has 0 aromatic rings. The van der Waals surface area contributed by atoms with Gasteiger partial charge in [-0.1, -0.05) is 18.6 Å². The molecule has 1 N–H and O–H groups in total. The second-order valence-corrected chi connectivity index (χ2v) is 7.49. The third kappa shape index (κ3) is 2.78. The summed E-state index contributed by atoms with van der Waals surface area (Å²) in [5.74, 6) is 0.00289. The molecule has 4 atom stereocenters. The molecule has 3 heteroatoms. The van der Waals surface area contributed by atoms with Crippen molar-refractivity contribution in [3.05, 3.63) is 11.6 Å². The molecule has 114 valence electrons. The van der Waals surface area contributed by atoms with Crippen LogP contribution >= 0.6 is 0 Å². The number of hydrogen-bond acceptors (Lipinski definition) is 3. The van der Waals surface area contributed by atoms with E-state index in [0.29, 0.717) is 0 Å². The van der Waals surface area contributed by atoms with E-state index in [2.05, 4.69) is 19.9 Å². The lowest BCUT2D eigenvalue weighted by molar-refractivity contribution is -0.173. The first-order valence-electron chi connectivity index (χ1n) is 7.71. The van der Waals surface area contributed by atoms with E-state index in [1.807, 2.05) is 13.8 Å². The van der Waals surface area contributed by atoms with Crippen LogP contribution in [0.5, 0.6) is 0 Å². The van der Waals surface area contributed by atoms with Gasteiger partial charge >= 0.3 is 5.97 Å². The summed E-state index contributed by atoms with van der Waals surface area (Å²) in [7, 11) is 0. The molecular formula is C17H28O3. The van der Waals surface area contributed by atoms with Gasteiger partial charge in [-0.2, -0.15) is 0 Å². The van der Waals surface area contributed by atoms with Crippen LogP contribution in [0.4, 0.5) is 0 Å². The fourth-order valence-corrected chi connectivity index (χ4v) is 4.38. The normalized spacial score (nSPS) is 37.9. The Balaban J connectivity index is 2.39. The van der Waals surface area contributed by atoms with Crippen molar-refractivity contribution in [2.75, 3.05) is 0 Å². The summed E-state index contributed by atoms with van der Waals surface area (Å²) < 4.78 is 5.70. The van der Waals surface area contributed by atoms with Crippen molar-refractivity contribution in [2.45, 2.75) is 72.0 Å². The Labute approximate surface area is 122 Å². The average Bonchev–Trinajstić information content (AvgIpc) is 2.25. The third-order valence-electron chi connectivity index (χ3n) is 5.38. The maximum Gasteiger partial charge on any atom is 0.302 e. The maximum absolute atomic E-state index is 11.5. The molecule has 0 spiro atoms. The summed E-state index contributed by atoms with van der Waals surface area (Å²) in [6, 6.07) is 0. The van der Waals surface area contributed by atoms with E-state index in [0.717, 1.165) is 25.7 Å². The molecule has 0 heterocycles. The van der Waals surface area contributed by atoms with Crippen LogP contribution in [0.1, 0.15) is 60.3 Å². The molecule has 0 aliphatic heterocycles. The largest absolute Gasteiger partial charge is 0.461 e. The number of fused-ring (bicyclic) bond motifs is 1. The standard InChI is InChI=1S/C17H28O3/c1-11-7-6-9-17(5)10-8-13(16(3,4)19)15(14(11)17)20-12(2)18/h7,13-15,19H,6,8-10H2,1-5H3. The number of carbonyl (C=O) groups excluding carboxylic acids is 1. The van der Waals surface area contributed by atoms with Gasteiger partial charge in [0.1, 0.15) is 6.10 Å². The van der Waals surface area contributed by atoms with Crippen molar-refractivity contribution in [1.29, 1.82) is 0 Å². The van der Waals surface area contributed by atoms with Gasteiger partial charge in [0.05, 0.1) is 5.60 Å². The highest BCUT2D eigenvalue weighted by atomic mass is 16.5. The van der Waals surface area contributed by atoms with Gasteiger partial charge < -0.3 is 9.84 Å². The molecule has 1 saturated carbocycles. The van der Waals surface area contributed by atoms with Crippen molar-refractivity contribution in [3.8, 4) is 0 Å². The van der Waals surface area contributed by atoms with E-state index >= 15 is 0 Å². The highest BCUT2D eigenvalue weighted by Gasteiger charge is 2.52. The number of rotatable bonds is 2. The average molecular weight is 280 g/mol. The molecule has 0 aromatic heterocycles. The Morgan fingerprint density at radius 1 is 1.45 bits per heavy atom. The SMILES string of the molecule is CC(=O)OC1C(C(C)(C)O)CCC2(C)CCC=C(C)C12. The van der Waals surface area contributed by atoms with Gasteiger partial charge in [0.25, 0.3) is 0 Å². The van der Waals surface area contributed by atoms with Crippen molar-refractivity contribution in [3.63, 3.8) is 0 Å². The van der Waals surface area contributed by atoms with Crippen molar-refractivity contribution in [1.82, 2.24) is 0 Å². The van der Waals surface area contributed by atoms with Crippen LogP contribution in [0.3, 0.4) is 0 Å². The molecule has 2 rings (SSSR count). The summed E-state index contributed by atoms with van der Waals surface area (Å²) in [6.07, 6.45) is 6.33. The molecule has 0 amide bonds. The lowest BCUT2D eigenvalue weighted by Crippen LogP contribution is -2.54. The summed E-state index contributed by atoms with van der Waals surface area (Å²) in [4.78, 5) is 11.5. The van der Waals surface area contributed by atoms with Crippen LogP contribution in [0.15, 0.2) is 11.6 Å². The summed E-state index contributed by atoms with van der Waals surface area (Å²) in [6.45, 7) is 9.59. The smallest absolute Gasteiger partial charge is 0.302 e. The van der Waals surface area contributed by atoms with E-state index < -0.39 is 5.60 Å². The van der Waals surface area contributed by atoms with Gasteiger partial charge in [0.2, 0.25) is 0 Å². The maximum atomic E-state index is 11.5. The predicted octanol–water partition coefficient (Wildman–Crippen LogP) is 3.46. The van der Waals surface area contributed by atoms with Crippen molar-refractivity contribution >= 4 is 5.97 Å². The molecule has 1 fully saturated rings. The first-order chi connectivity index (χ1) is 9.15. The van der Waals surface area contributed by atoms with E-state index in [9.17, 15) is 9.90 Å². The van der Waals surface area contributed by atoms with Crippen LogP contribution in [0.25, 0.3) is 0 Å². The first-order valence-corrected chi connectivity index (χ1v) is 7.71. The van der Waals surface area contributed by atoms with Crippen molar-refractivity contribution < 1.29 is 14.6 Å². The minimum atomic E-state index is -0.820. The quantitative estimate of drug-likeness (QED) is 0.622. The van der Waals surface area contributed by atoms with E-state index in [1.165, 1.54) is 12.5 Å². The number of allylic oxidation sites excluding steroid dienone is 1. The highest BCUT2D eigenvalue weighted by molar-refractivity contribution is 5.66. The topological polar surface area (TPSA) is 46.5 Å². The van der Waals surface area contributed by atoms with Gasteiger partial charge in [0.15, 0.2) is 0 Å². The first kappa shape index (κ1) is 15.6. The Morgan fingerprint density at radius 3 is 2.65 bits per heavy atom. The summed E-state index contributed by atoms with van der Waals surface area (Å²) in [5.41, 5.74) is 0.693. The van der Waals surface area contributed by atoms with Crippen molar-refractivity contribution in [2.24, 2.45) is 17.3 Å². The predicted molar refractivity (Wildman–Crippen MR) is 79.2 cm³/mol. The Kier molecular flexibility index (Phi) is 4.03. The molecule has 4 unspecified atom stereocenters. The van der Waals surface area contributed by atoms with Gasteiger partial charge in [-0.3, -0.25) is 4.79 Å². The second-order valence-electron chi connectivity index (χ2n) is 7.49. The molecule has 0 saturated heterocycles. The van der Waals surface area contributed by atoms with Gasteiger partial charge in [-0.05, 0) is 51.9 Å². The molecule has 2 aliphatic carbocycles. The summed E-state index contributed by atoms with van der Waals surface area (Å²) in [5, 5.41) is 10.5.